The Hall–Kier alpha value is -2.48. The van der Waals surface area contributed by atoms with Gasteiger partial charge in [0.15, 0.2) is 0 Å². The summed E-state index contributed by atoms with van der Waals surface area (Å²) in [5, 5.41) is 12.0. The van der Waals surface area contributed by atoms with Crippen LogP contribution in [0, 0.1) is 11.3 Å². The number of nitrogens with zero attached hydrogens (tertiary/aromatic N) is 3. The standard InChI is InChI=1S/C25H24ClN3S/c1-17(2)22-5-3-4-6-23(22)18-7-9-24(19(13-18)14-27)29-12-11-21(16-29)30-25-10-8-20(26)15-28-25/h3-10,13,15,17,21H,11-12,16H2,1-2H3/t21-/m0/s1. The van der Waals surface area contributed by atoms with Gasteiger partial charge in [0.25, 0.3) is 0 Å². The number of aromatic nitrogens is 1. The third kappa shape index (κ3) is 4.48. The van der Waals surface area contributed by atoms with Crippen LogP contribution >= 0.6 is 23.4 Å². The van der Waals surface area contributed by atoms with Crippen molar-refractivity contribution in [2.75, 3.05) is 18.0 Å². The summed E-state index contributed by atoms with van der Waals surface area (Å²) < 4.78 is 0. The average Bonchev–Trinajstić information content (AvgIpc) is 3.23. The second kappa shape index (κ2) is 9.12. The normalized spacial score (nSPS) is 16.1. The van der Waals surface area contributed by atoms with Crippen molar-refractivity contribution in [2.45, 2.75) is 36.5 Å². The first-order chi connectivity index (χ1) is 14.5. The van der Waals surface area contributed by atoms with Crippen molar-refractivity contribution in [3.63, 3.8) is 0 Å². The Bertz CT molecular complexity index is 1070. The Balaban J connectivity index is 1.54. The highest BCUT2D eigenvalue weighted by Gasteiger charge is 2.26. The molecule has 0 spiro atoms. The quantitative estimate of drug-likeness (QED) is 0.445. The number of thioether (sulfide) groups is 1. The van der Waals surface area contributed by atoms with Gasteiger partial charge < -0.3 is 4.90 Å². The van der Waals surface area contributed by atoms with Gasteiger partial charge in [-0.2, -0.15) is 5.26 Å². The van der Waals surface area contributed by atoms with Crippen LogP contribution in [0.4, 0.5) is 5.69 Å². The number of hydrogen-bond donors (Lipinski definition) is 0. The van der Waals surface area contributed by atoms with Crippen molar-refractivity contribution in [1.29, 1.82) is 5.26 Å². The Labute approximate surface area is 187 Å². The molecule has 1 aliphatic rings. The van der Waals surface area contributed by atoms with Crippen molar-refractivity contribution in [2.24, 2.45) is 0 Å². The van der Waals surface area contributed by atoms with Crippen LogP contribution in [0.25, 0.3) is 11.1 Å². The maximum absolute atomic E-state index is 9.85. The molecule has 2 heterocycles. The second-order valence-electron chi connectivity index (χ2n) is 7.87. The van der Waals surface area contributed by atoms with Crippen molar-refractivity contribution in [3.8, 4) is 17.2 Å². The summed E-state index contributed by atoms with van der Waals surface area (Å²) >= 11 is 7.72. The lowest BCUT2D eigenvalue weighted by molar-refractivity contribution is 0.869. The Morgan fingerprint density at radius 3 is 2.73 bits per heavy atom. The number of hydrogen-bond acceptors (Lipinski definition) is 4. The molecule has 2 aromatic carbocycles. The fraction of sp³-hybridized carbons (Fsp3) is 0.280. The van der Waals surface area contributed by atoms with Gasteiger partial charge >= 0.3 is 0 Å². The molecule has 1 atom stereocenters. The van der Waals surface area contributed by atoms with Gasteiger partial charge in [-0.3, -0.25) is 0 Å². The molecule has 0 saturated carbocycles. The average molecular weight is 434 g/mol. The minimum absolute atomic E-state index is 0.434. The molecule has 1 aliphatic heterocycles. The first-order valence-electron chi connectivity index (χ1n) is 10.2. The first-order valence-corrected chi connectivity index (χ1v) is 11.5. The Morgan fingerprint density at radius 2 is 2.00 bits per heavy atom. The minimum atomic E-state index is 0.434. The topological polar surface area (TPSA) is 39.9 Å². The predicted molar refractivity (Wildman–Crippen MR) is 126 cm³/mol. The largest absolute Gasteiger partial charge is 0.369 e. The lowest BCUT2D eigenvalue weighted by atomic mass is 9.91. The zero-order chi connectivity index (χ0) is 21.1. The van der Waals surface area contributed by atoms with Crippen LogP contribution in [-0.4, -0.2) is 23.3 Å². The highest BCUT2D eigenvalue weighted by atomic mass is 35.5. The van der Waals surface area contributed by atoms with Gasteiger partial charge in [-0.25, -0.2) is 4.98 Å². The van der Waals surface area contributed by atoms with Crippen LogP contribution in [0.5, 0.6) is 0 Å². The van der Waals surface area contributed by atoms with E-state index in [9.17, 15) is 5.26 Å². The van der Waals surface area contributed by atoms with Crippen molar-refractivity contribution in [1.82, 2.24) is 4.98 Å². The zero-order valence-corrected chi connectivity index (χ0v) is 18.7. The molecule has 0 amide bonds. The van der Waals surface area contributed by atoms with E-state index in [0.717, 1.165) is 41.4 Å². The minimum Gasteiger partial charge on any atom is -0.369 e. The van der Waals surface area contributed by atoms with Crippen molar-refractivity contribution in [3.05, 3.63) is 76.9 Å². The van der Waals surface area contributed by atoms with Crippen molar-refractivity contribution >= 4 is 29.1 Å². The molecule has 0 radical (unpaired) electrons. The molecule has 1 aromatic heterocycles. The molecule has 3 aromatic rings. The van der Waals surface area contributed by atoms with E-state index < -0.39 is 0 Å². The fourth-order valence-electron chi connectivity index (χ4n) is 3.98. The monoisotopic (exact) mass is 433 g/mol. The maximum Gasteiger partial charge on any atom is 0.101 e. The first kappa shape index (κ1) is 20.8. The maximum atomic E-state index is 9.85. The lowest BCUT2D eigenvalue weighted by Crippen LogP contribution is -2.21. The van der Waals surface area contributed by atoms with Crippen LogP contribution in [0.1, 0.15) is 37.3 Å². The van der Waals surface area contributed by atoms with Crippen molar-refractivity contribution < 1.29 is 0 Å². The zero-order valence-electron chi connectivity index (χ0n) is 17.2. The molecule has 0 N–H and O–H groups in total. The number of halogens is 1. The lowest BCUT2D eigenvalue weighted by Gasteiger charge is -2.21. The molecule has 152 valence electrons. The predicted octanol–water partition coefficient (Wildman–Crippen LogP) is 6.77. The van der Waals surface area contributed by atoms with Gasteiger partial charge in [0.05, 0.1) is 21.3 Å². The van der Waals surface area contributed by atoms with Crippen LogP contribution in [0.15, 0.2) is 65.8 Å². The summed E-state index contributed by atoms with van der Waals surface area (Å²) in [5.74, 6) is 0.434. The number of benzene rings is 2. The third-order valence-corrected chi connectivity index (χ3v) is 6.91. The van der Waals surface area contributed by atoms with E-state index in [0.29, 0.717) is 16.2 Å². The number of nitriles is 1. The smallest absolute Gasteiger partial charge is 0.101 e. The number of rotatable bonds is 5. The molecule has 1 saturated heterocycles. The molecular formula is C25H24ClN3S. The van der Waals surface area contributed by atoms with E-state index in [1.165, 1.54) is 11.1 Å². The molecule has 5 heteroatoms. The summed E-state index contributed by atoms with van der Waals surface area (Å²) in [6, 6.07) is 21.0. The summed E-state index contributed by atoms with van der Waals surface area (Å²) in [7, 11) is 0. The van der Waals surface area contributed by atoms with Gasteiger partial charge in [0, 0.05) is 24.5 Å². The molecule has 3 nitrogen and oxygen atoms in total. The Morgan fingerprint density at radius 1 is 1.17 bits per heavy atom. The van der Waals surface area contributed by atoms with Gasteiger partial charge in [-0.05, 0) is 53.3 Å². The highest BCUT2D eigenvalue weighted by molar-refractivity contribution is 7.99. The van der Waals surface area contributed by atoms with E-state index in [-0.39, 0.29) is 0 Å². The summed E-state index contributed by atoms with van der Waals surface area (Å²) in [6.07, 6.45) is 2.76. The van der Waals surface area contributed by atoms with Crippen LogP contribution in [0.3, 0.4) is 0 Å². The van der Waals surface area contributed by atoms with E-state index in [2.05, 4.69) is 66.2 Å². The van der Waals surface area contributed by atoms with E-state index in [4.69, 9.17) is 11.6 Å². The fourth-order valence-corrected chi connectivity index (χ4v) is 5.17. The molecule has 4 rings (SSSR count). The molecule has 1 fully saturated rings. The number of pyridine rings is 1. The van der Waals surface area contributed by atoms with E-state index in [1.54, 1.807) is 18.0 Å². The molecule has 0 aliphatic carbocycles. The number of anilines is 1. The second-order valence-corrected chi connectivity index (χ2v) is 9.63. The third-order valence-electron chi connectivity index (χ3n) is 5.48. The SMILES string of the molecule is CC(C)c1ccccc1-c1ccc(N2CC[C@H](Sc3ccc(Cl)cn3)C2)c(C#N)c1. The van der Waals surface area contributed by atoms with E-state index in [1.807, 2.05) is 18.2 Å². The highest BCUT2D eigenvalue weighted by Crippen LogP contribution is 2.36. The van der Waals surface area contributed by atoms with Gasteiger partial charge in [0.2, 0.25) is 0 Å². The van der Waals surface area contributed by atoms with Gasteiger partial charge in [-0.1, -0.05) is 55.8 Å². The van der Waals surface area contributed by atoms with Crippen LogP contribution in [-0.2, 0) is 0 Å². The Kier molecular flexibility index (Phi) is 6.32. The molecule has 30 heavy (non-hydrogen) atoms. The molecule has 0 unspecified atom stereocenters. The summed E-state index contributed by atoms with van der Waals surface area (Å²) in [5.41, 5.74) is 5.38. The van der Waals surface area contributed by atoms with Gasteiger partial charge in [0.1, 0.15) is 6.07 Å². The summed E-state index contributed by atoms with van der Waals surface area (Å²) in [6.45, 7) is 6.26. The van der Waals surface area contributed by atoms with Crippen LogP contribution < -0.4 is 4.90 Å². The molecule has 0 bridgehead atoms. The van der Waals surface area contributed by atoms with E-state index >= 15 is 0 Å². The van der Waals surface area contributed by atoms with Gasteiger partial charge in [-0.15, -0.1) is 11.8 Å². The molecular weight excluding hydrogens is 410 g/mol. The summed E-state index contributed by atoms with van der Waals surface area (Å²) in [4.78, 5) is 6.72. The van der Waals surface area contributed by atoms with Crippen LogP contribution in [0.2, 0.25) is 5.02 Å².